The molecule has 2 heterocycles. The standard InChI is InChI=1S/C16H22N4O3/c1-11-3-4-12(13(7-11)23-6-2-5-17)14(21)20-9-16(10-20)8-18-15(22)19-16/h3-4,7H,2,5-6,8-10,17H2,1H3,(H2,18,19,22). The molecule has 2 aliphatic rings. The Kier molecular flexibility index (Phi) is 4.12. The fourth-order valence-corrected chi connectivity index (χ4v) is 2.96. The Labute approximate surface area is 135 Å². The summed E-state index contributed by atoms with van der Waals surface area (Å²) in [5, 5.41) is 5.62. The Bertz CT molecular complexity index is 626. The van der Waals surface area contributed by atoms with Crippen molar-refractivity contribution in [1.82, 2.24) is 15.5 Å². The van der Waals surface area contributed by atoms with E-state index in [1.54, 1.807) is 11.0 Å². The number of urea groups is 1. The van der Waals surface area contributed by atoms with Crippen molar-refractivity contribution in [3.63, 3.8) is 0 Å². The molecule has 0 atom stereocenters. The van der Waals surface area contributed by atoms with Gasteiger partial charge >= 0.3 is 6.03 Å². The molecule has 2 fully saturated rings. The first-order valence-electron chi connectivity index (χ1n) is 7.82. The van der Waals surface area contributed by atoms with E-state index in [0.717, 1.165) is 12.0 Å². The van der Waals surface area contributed by atoms with Crippen LogP contribution in [-0.4, -0.2) is 55.2 Å². The van der Waals surface area contributed by atoms with Gasteiger partial charge in [-0.3, -0.25) is 4.79 Å². The minimum Gasteiger partial charge on any atom is -0.493 e. The highest BCUT2D eigenvalue weighted by atomic mass is 16.5. The molecule has 7 nitrogen and oxygen atoms in total. The number of nitrogens with zero attached hydrogens (tertiary/aromatic N) is 1. The third-order valence-electron chi connectivity index (χ3n) is 4.21. The number of aryl methyl sites for hydroxylation is 1. The Morgan fingerprint density at radius 2 is 2.22 bits per heavy atom. The van der Waals surface area contributed by atoms with E-state index in [-0.39, 0.29) is 17.5 Å². The predicted molar refractivity (Wildman–Crippen MR) is 85.5 cm³/mol. The van der Waals surface area contributed by atoms with Gasteiger partial charge in [-0.25, -0.2) is 4.79 Å². The smallest absolute Gasteiger partial charge is 0.315 e. The number of amides is 3. The van der Waals surface area contributed by atoms with Crippen molar-refractivity contribution >= 4 is 11.9 Å². The van der Waals surface area contributed by atoms with Crippen LogP contribution in [0.25, 0.3) is 0 Å². The van der Waals surface area contributed by atoms with E-state index < -0.39 is 0 Å². The zero-order valence-electron chi connectivity index (χ0n) is 13.2. The first-order valence-corrected chi connectivity index (χ1v) is 7.82. The quantitative estimate of drug-likeness (QED) is 0.677. The number of nitrogens with one attached hydrogen (secondary N) is 2. The van der Waals surface area contributed by atoms with Crippen LogP contribution in [0.3, 0.4) is 0 Å². The second-order valence-corrected chi connectivity index (χ2v) is 6.24. The summed E-state index contributed by atoms with van der Waals surface area (Å²) in [5.74, 6) is 0.525. The van der Waals surface area contributed by atoms with Crippen molar-refractivity contribution in [3.8, 4) is 5.75 Å². The maximum absolute atomic E-state index is 12.7. The minimum absolute atomic E-state index is 0.0699. The largest absolute Gasteiger partial charge is 0.493 e. The third kappa shape index (κ3) is 3.10. The van der Waals surface area contributed by atoms with Crippen molar-refractivity contribution < 1.29 is 14.3 Å². The number of likely N-dealkylation sites (tertiary alicyclic amines) is 1. The lowest BCUT2D eigenvalue weighted by Gasteiger charge is -2.46. The number of ether oxygens (including phenoxy) is 1. The van der Waals surface area contributed by atoms with Gasteiger partial charge in [0.2, 0.25) is 0 Å². The molecule has 1 aromatic carbocycles. The second kappa shape index (κ2) is 6.08. The maximum atomic E-state index is 12.7. The van der Waals surface area contributed by atoms with Gasteiger partial charge in [0.05, 0.1) is 17.7 Å². The second-order valence-electron chi connectivity index (χ2n) is 6.24. The molecule has 0 radical (unpaired) electrons. The number of hydrogen-bond donors (Lipinski definition) is 3. The molecular weight excluding hydrogens is 296 g/mol. The first kappa shape index (κ1) is 15.6. The van der Waals surface area contributed by atoms with Crippen LogP contribution in [0.2, 0.25) is 0 Å². The van der Waals surface area contributed by atoms with Crippen molar-refractivity contribution in [2.24, 2.45) is 5.73 Å². The van der Waals surface area contributed by atoms with Crippen LogP contribution in [0.15, 0.2) is 18.2 Å². The fourth-order valence-electron chi connectivity index (χ4n) is 2.96. The lowest BCUT2D eigenvalue weighted by molar-refractivity contribution is 0.0393. The molecule has 0 saturated carbocycles. The van der Waals surface area contributed by atoms with Gasteiger partial charge in [0.1, 0.15) is 5.75 Å². The van der Waals surface area contributed by atoms with E-state index in [0.29, 0.717) is 44.1 Å². The van der Waals surface area contributed by atoms with Crippen molar-refractivity contribution in [2.75, 3.05) is 32.8 Å². The Balaban J connectivity index is 1.69. The lowest BCUT2D eigenvalue weighted by atomic mass is 9.90. The number of hydrogen-bond acceptors (Lipinski definition) is 4. The van der Waals surface area contributed by atoms with Crippen LogP contribution >= 0.6 is 0 Å². The van der Waals surface area contributed by atoms with Gasteiger partial charge in [-0.15, -0.1) is 0 Å². The van der Waals surface area contributed by atoms with E-state index in [1.165, 1.54) is 0 Å². The zero-order chi connectivity index (χ0) is 16.4. The van der Waals surface area contributed by atoms with Gasteiger partial charge < -0.3 is 26.0 Å². The summed E-state index contributed by atoms with van der Waals surface area (Å²) in [6.07, 6.45) is 0.742. The third-order valence-corrected chi connectivity index (χ3v) is 4.21. The lowest BCUT2D eigenvalue weighted by Crippen LogP contribution is -2.70. The molecule has 23 heavy (non-hydrogen) atoms. The SMILES string of the molecule is Cc1ccc(C(=O)N2CC3(CNC(=O)N3)C2)c(OCCCN)c1. The highest BCUT2D eigenvalue weighted by Gasteiger charge is 2.49. The number of rotatable bonds is 5. The average Bonchev–Trinajstić information content (AvgIpc) is 2.88. The van der Waals surface area contributed by atoms with Crippen LogP contribution in [0.1, 0.15) is 22.3 Å². The number of benzene rings is 1. The number of carbonyl (C=O) groups is 2. The molecule has 7 heteroatoms. The van der Waals surface area contributed by atoms with Gasteiger partial charge in [0.15, 0.2) is 0 Å². The normalized spacial score (nSPS) is 18.3. The predicted octanol–water partition coefficient (Wildman–Crippen LogP) is 0.230. The minimum atomic E-state index is -0.308. The Morgan fingerprint density at radius 1 is 1.43 bits per heavy atom. The van der Waals surface area contributed by atoms with E-state index in [2.05, 4.69) is 10.6 Å². The van der Waals surface area contributed by atoms with Crippen LogP contribution < -0.4 is 21.1 Å². The molecule has 2 aliphatic heterocycles. The van der Waals surface area contributed by atoms with Gasteiger partial charge in [-0.2, -0.15) is 0 Å². The van der Waals surface area contributed by atoms with Crippen LogP contribution in [0.5, 0.6) is 5.75 Å². The van der Waals surface area contributed by atoms with Gasteiger partial charge in [-0.05, 0) is 37.6 Å². The van der Waals surface area contributed by atoms with Crippen LogP contribution in [-0.2, 0) is 0 Å². The van der Waals surface area contributed by atoms with Crippen LogP contribution in [0, 0.1) is 6.92 Å². The van der Waals surface area contributed by atoms with Gasteiger partial charge in [0, 0.05) is 19.6 Å². The highest BCUT2D eigenvalue weighted by Crippen LogP contribution is 2.28. The van der Waals surface area contributed by atoms with E-state index in [1.807, 2.05) is 19.1 Å². The van der Waals surface area contributed by atoms with Crippen molar-refractivity contribution in [2.45, 2.75) is 18.9 Å². The summed E-state index contributed by atoms with van der Waals surface area (Å²) >= 11 is 0. The molecule has 124 valence electrons. The highest BCUT2D eigenvalue weighted by molar-refractivity contribution is 5.98. The summed E-state index contributed by atoms with van der Waals surface area (Å²) in [5.41, 5.74) is 6.77. The fraction of sp³-hybridized carbons (Fsp3) is 0.500. The summed E-state index contributed by atoms with van der Waals surface area (Å²) in [4.78, 5) is 25.7. The van der Waals surface area contributed by atoms with Gasteiger partial charge in [-0.1, -0.05) is 6.07 Å². The molecule has 2 saturated heterocycles. The average molecular weight is 318 g/mol. The van der Waals surface area contributed by atoms with E-state index >= 15 is 0 Å². The molecular formula is C16H22N4O3. The monoisotopic (exact) mass is 318 g/mol. The van der Waals surface area contributed by atoms with Gasteiger partial charge in [0.25, 0.3) is 5.91 Å². The van der Waals surface area contributed by atoms with Crippen molar-refractivity contribution in [3.05, 3.63) is 29.3 Å². The van der Waals surface area contributed by atoms with E-state index in [9.17, 15) is 9.59 Å². The molecule has 0 aliphatic carbocycles. The maximum Gasteiger partial charge on any atom is 0.315 e. The first-order chi connectivity index (χ1) is 11.0. The number of nitrogens with two attached hydrogens (primary N) is 1. The topological polar surface area (TPSA) is 96.7 Å². The molecule has 1 aromatic rings. The summed E-state index contributed by atoms with van der Waals surface area (Å²) in [7, 11) is 0. The molecule has 0 aromatic heterocycles. The zero-order valence-corrected chi connectivity index (χ0v) is 13.2. The van der Waals surface area contributed by atoms with Crippen LogP contribution in [0.4, 0.5) is 4.79 Å². The van der Waals surface area contributed by atoms with E-state index in [4.69, 9.17) is 10.5 Å². The van der Waals surface area contributed by atoms with Crippen molar-refractivity contribution in [1.29, 1.82) is 0 Å². The molecule has 1 spiro atoms. The Hall–Kier alpha value is -2.28. The summed E-state index contributed by atoms with van der Waals surface area (Å²) < 4.78 is 5.72. The summed E-state index contributed by atoms with van der Waals surface area (Å²) in [6.45, 7) is 4.59. The molecule has 4 N–H and O–H groups in total. The molecule has 3 rings (SSSR count). The molecule has 3 amide bonds. The number of carbonyl (C=O) groups excluding carboxylic acids is 2. The molecule has 0 bridgehead atoms. The molecule has 0 unspecified atom stereocenters. The summed E-state index contributed by atoms with van der Waals surface area (Å²) in [6, 6.07) is 5.40. The Morgan fingerprint density at radius 3 is 2.87 bits per heavy atom.